The SMILES string of the molecule is N#Cc1c2c(cc3nc(-c4cccc(-c5ccc6c(c5)OCCO6)c4Cl)oc13)[C@H](N1CC[C@@H](C(=O)NS(=O)(=O)C3CC3)C1)CC2. The fourth-order valence-corrected chi connectivity index (χ4v) is 8.53. The van der Waals surface area contributed by atoms with Gasteiger partial charge < -0.3 is 13.9 Å². The molecule has 12 heteroatoms. The minimum atomic E-state index is -3.58. The van der Waals surface area contributed by atoms with Gasteiger partial charge in [0.1, 0.15) is 30.4 Å². The zero-order valence-electron chi connectivity index (χ0n) is 24.2. The number of oxazole rings is 1. The molecule has 230 valence electrons. The number of ether oxygens (including phenoxy) is 2. The Kier molecular flexibility index (Phi) is 6.78. The number of nitrogens with zero attached hydrogens (tertiary/aromatic N) is 3. The molecular formula is C33H29ClN4O6S. The van der Waals surface area contributed by atoms with Crippen LogP contribution < -0.4 is 14.2 Å². The molecular weight excluding hydrogens is 616 g/mol. The average Bonchev–Trinajstić information content (AvgIpc) is 3.45. The highest BCUT2D eigenvalue weighted by Crippen LogP contribution is 2.45. The first kappa shape index (κ1) is 28.4. The van der Waals surface area contributed by atoms with Crippen LogP contribution in [0.4, 0.5) is 0 Å². The highest BCUT2D eigenvalue weighted by Gasteiger charge is 2.41. The quantitative estimate of drug-likeness (QED) is 0.294. The lowest BCUT2D eigenvalue weighted by Crippen LogP contribution is -2.38. The van der Waals surface area contributed by atoms with Crippen molar-refractivity contribution in [3.8, 4) is 40.1 Å². The van der Waals surface area contributed by atoms with Gasteiger partial charge in [0.25, 0.3) is 0 Å². The number of benzene rings is 3. The van der Waals surface area contributed by atoms with Crippen LogP contribution in [0.2, 0.25) is 5.02 Å². The normalized spacial score (nSPS) is 21.1. The molecule has 45 heavy (non-hydrogen) atoms. The number of rotatable bonds is 6. The molecule has 2 aliphatic heterocycles. The summed E-state index contributed by atoms with van der Waals surface area (Å²) in [6.07, 6.45) is 3.28. The van der Waals surface area contributed by atoms with Crippen LogP contribution in [0.3, 0.4) is 0 Å². The van der Waals surface area contributed by atoms with Gasteiger partial charge in [-0.3, -0.25) is 14.4 Å². The van der Waals surface area contributed by atoms with Gasteiger partial charge >= 0.3 is 0 Å². The summed E-state index contributed by atoms with van der Waals surface area (Å²) in [7, 11) is -3.58. The van der Waals surface area contributed by atoms with Gasteiger partial charge in [0.15, 0.2) is 17.1 Å². The van der Waals surface area contributed by atoms with E-state index in [-0.39, 0.29) is 6.04 Å². The van der Waals surface area contributed by atoms with Crippen LogP contribution in [0.15, 0.2) is 46.9 Å². The average molecular weight is 645 g/mol. The number of amides is 1. The molecule has 4 aromatic rings. The van der Waals surface area contributed by atoms with Crippen LogP contribution in [0.5, 0.6) is 11.5 Å². The molecule has 0 radical (unpaired) electrons. The smallest absolute Gasteiger partial charge is 0.237 e. The van der Waals surface area contributed by atoms with Crippen LogP contribution in [0.1, 0.15) is 48.4 Å². The van der Waals surface area contributed by atoms with Gasteiger partial charge in [0, 0.05) is 18.2 Å². The largest absolute Gasteiger partial charge is 0.486 e. The number of hydrogen-bond acceptors (Lipinski definition) is 9. The lowest BCUT2D eigenvalue weighted by Gasteiger charge is -2.24. The second-order valence-electron chi connectivity index (χ2n) is 12.1. The summed E-state index contributed by atoms with van der Waals surface area (Å²) in [4.78, 5) is 19.8. The number of carbonyl (C=O) groups excluding carboxylic acids is 1. The molecule has 2 fully saturated rings. The van der Waals surface area contributed by atoms with Crippen molar-refractivity contribution < 1.29 is 27.1 Å². The van der Waals surface area contributed by atoms with E-state index in [1.807, 2.05) is 42.5 Å². The van der Waals surface area contributed by atoms with Crippen molar-refractivity contribution >= 4 is 38.6 Å². The van der Waals surface area contributed by atoms with Crippen molar-refractivity contribution in [2.75, 3.05) is 26.3 Å². The van der Waals surface area contributed by atoms with Crippen LogP contribution in [-0.4, -0.2) is 55.8 Å². The molecule has 1 saturated carbocycles. The summed E-state index contributed by atoms with van der Waals surface area (Å²) in [6.45, 7) is 2.12. The molecule has 2 atom stereocenters. The summed E-state index contributed by atoms with van der Waals surface area (Å²) >= 11 is 6.96. The number of fused-ring (bicyclic) bond motifs is 3. The summed E-state index contributed by atoms with van der Waals surface area (Å²) < 4.78 is 44.6. The summed E-state index contributed by atoms with van der Waals surface area (Å²) in [6, 6.07) is 15.7. The highest BCUT2D eigenvalue weighted by molar-refractivity contribution is 7.90. The standard InChI is InChI=1S/C33H29ClN4O6S/c34-30-21(18-4-9-28-29(14-18)43-13-12-42-28)2-1-3-23(30)33-36-26-15-24-22(25(16-35)31(26)44-33)7-8-27(24)38-11-10-19(17-38)32(39)37-45(40,41)20-5-6-20/h1-4,9,14-15,19-20,27H,5-8,10-13,17H2,(H,37,39)/t19-,27-/m1/s1. The van der Waals surface area contributed by atoms with Crippen molar-refractivity contribution in [1.82, 2.24) is 14.6 Å². The van der Waals surface area contributed by atoms with Crippen LogP contribution >= 0.6 is 11.6 Å². The highest BCUT2D eigenvalue weighted by atomic mass is 35.5. The molecule has 1 N–H and O–H groups in total. The number of halogens is 1. The number of hydrogen-bond donors (Lipinski definition) is 1. The summed E-state index contributed by atoms with van der Waals surface area (Å²) in [5.41, 5.74) is 5.65. The van der Waals surface area contributed by atoms with E-state index < -0.39 is 27.1 Å². The lowest BCUT2D eigenvalue weighted by molar-refractivity contribution is -0.122. The molecule has 0 bridgehead atoms. The minimum Gasteiger partial charge on any atom is -0.486 e. The third kappa shape index (κ3) is 4.92. The maximum atomic E-state index is 12.8. The van der Waals surface area contributed by atoms with Crippen LogP contribution in [-0.2, 0) is 21.2 Å². The number of aromatic nitrogens is 1. The van der Waals surface area contributed by atoms with E-state index in [0.717, 1.165) is 28.7 Å². The maximum absolute atomic E-state index is 12.8. The Morgan fingerprint density at radius 2 is 1.84 bits per heavy atom. The van der Waals surface area contributed by atoms with Gasteiger partial charge in [0.2, 0.25) is 21.8 Å². The van der Waals surface area contributed by atoms with Crippen molar-refractivity contribution in [3.63, 3.8) is 0 Å². The molecule has 1 aromatic heterocycles. The fourth-order valence-electron chi connectivity index (χ4n) is 6.84. The topological polar surface area (TPSA) is 135 Å². The Morgan fingerprint density at radius 3 is 2.64 bits per heavy atom. The van der Waals surface area contributed by atoms with Gasteiger partial charge in [-0.2, -0.15) is 5.26 Å². The van der Waals surface area contributed by atoms with E-state index in [0.29, 0.717) is 96.6 Å². The molecule has 0 spiro atoms. The molecule has 8 rings (SSSR count). The van der Waals surface area contributed by atoms with Crippen molar-refractivity contribution in [2.24, 2.45) is 5.92 Å². The van der Waals surface area contributed by atoms with E-state index in [4.69, 9.17) is 30.5 Å². The van der Waals surface area contributed by atoms with Crippen molar-refractivity contribution in [1.29, 1.82) is 5.26 Å². The first-order valence-electron chi connectivity index (χ1n) is 15.2. The van der Waals surface area contributed by atoms with Crippen molar-refractivity contribution in [3.05, 3.63) is 64.2 Å². The molecule has 10 nitrogen and oxygen atoms in total. The number of sulfonamides is 1. The fraction of sp³-hybridized carbons (Fsp3) is 0.364. The van der Waals surface area contributed by atoms with Crippen molar-refractivity contribution in [2.45, 2.75) is 43.4 Å². The van der Waals surface area contributed by atoms with E-state index in [1.165, 1.54) is 0 Å². The molecule has 1 amide bonds. The molecule has 0 unspecified atom stereocenters. The Bertz CT molecular complexity index is 2030. The summed E-state index contributed by atoms with van der Waals surface area (Å²) in [5, 5.41) is 10.3. The second-order valence-corrected chi connectivity index (χ2v) is 14.4. The molecule has 1 saturated heterocycles. The molecule has 4 aliphatic rings. The zero-order valence-corrected chi connectivity index (χ0v) is 25.8. The second kappa shape index (κ2) is 10.8. The van der Waals surface area contributed by atoms with E-state index in [1.54, 1.807) is 0 Å². The third-order valence-corrected chi connectivity index (χ3v) is 11.5. The van der Waals surface area contributed by atoms with Gasteiger partial charge in [-0.1, -0.05) is 29.8 Å². The number of nitriles is 1. The Labute approximate surface area is 264 Å². The van der Waals surface area contributed by atoms with E-state index in [2.05, 4.69) is 15.7 Å². The lowest BCUT2D eigenvalue weighted by atomic mass is 10.0. The predicted octanol–water partition coefficient (Wildman–Crippen LogP) is 5.38. The number of likely N-dealkylation sites (tertiary alicyclic amines) is 1. The summed E-state index contributed by atoms with van der Waals surface area (Å²) in [5.74, 6) is 0.858. The van der Waals surface area contributed by atoms with Gasteiger partial charge in [-0.25, -0.2) is 13.4 Å². The van der Waals surface area contributed by atoms with E-state index in [9.17, 15) is 18.5 Å². The Hall–Kier alpha value is -4.11. The Morgan fingerprint density at radius 1 is 1.04 bits per heavy atom. The first-order valence-corrected chi connectivity index (χ1v) is 17.1. The number of nitrogens with one attached hydrogen (secondary N) is 1. The maximum Gasteiger partial charge on any atom is 0.237 e. The predicted molar refractivity (Wildman–Crippen MR) is 166 cm³/mol. The van der Waals surface area contributed by atoms with Crippen LogP contribution in [0, 0.1) is 17.2 Å². The monoisotopic (exact) mass is 644 g/mol. The van der Waals surface area contributed by atoms with Gasteiger partial charge in [-0.05, 0) is 79.6 Å². The molecule has 2 aliphatic carbocycles. The number of carbonyl (C=O) groups is 1. The minimum absolute atomic E-state index is 0.00314. The Balaban J connectivity index is 1.09. The van der Waals surface area contributed by atoms with Gasteiger partial charge in [0.05, 0.1) is 21.8 Å². The molecule has 3 aromatic carbocycles. The first-order chi connectivity index (χ1) is 21.8. The third-order valence-electron chi connectivity index (χ3n) is 9.28. The zero-order chi connectivity index (χ0) is 30.9. The molecule has 3 heterocycles. The van der Waals surface area contributed by atoms with E-state index >= 15 is 0 Å². The van der Waals surface area contributed by atoms with Crippen LogP contribution in [0.25, 0.3) is 33.7 Å². The van der Waals surface area contributed by atoms with Gasteiger partial charge in [-0.15, -0.1) is 0 Å².